The summed E-state index contributed by atoms with van der Waals surface area (Å²) < 4.78 is 10.9. The van der Waals surface area contributed by atoms with Crippen LogP contribution in [-0.2, 0) is 6.42 Å². The fourth-order valence-corrected chi connectivity index (χ4v) is 1.78. The van der Waals surface area contributed by atoms with Crippen molar-refractivity contribution in [2.24, 2.45) is 5.73 Å². The summed E-state index contributed by atoms with van der Waals surface area (Å²) in [5.74, 6) is 1.19. The first-order valence-electron chi connectivity index (χ1n) is 6.26. The minimum Gasteiger partial charge on any atom is -0.497 e. The minimum absolute atomic E-state index is 0.0273. The summed E-state index contributed by atoms with van der Waals surface area (Å²) in [6.45, 7) is 0.463. The molecule has 0 spiro atoms. The Kier molecular flexibility index (Phi) is 4.55. The molecule has 0 aliphatic heterocycles. The molecule has 0 saturated carbocycles. The molecule has 0 radical (unpaired) electrons. The number of nitrogens with zero attached hydrogens (tertiary/aromatic N) is 1. The molecule has 1 aromatic heterocycles. The summed E-state index contributed by atoms with van der Waals surface area (Å²) in [5, 5.41) is 7.55. The lowest BCUT2D eigenvalue weighted by molar-refractivity contribution is 0.317. The molecule has 0 aliphatic carbocycles. The molecule has 5 heteroatoms. The van der Waals surface area contributed by atoms with Gasteiger partial charge >= 0.3 is 0 Å². The molecular weight excluding hydrogens is 254 g/mol. The molecular formula is C15H17N3O2. The van der Waals surface area contributed by atoms with Crippen LogP contribution in [0.2, 0.25) is 0 Å². The second-order valence-corrected chi connectivity index (χ2v) is 4.20. The van der Waals surface area contributed by atoms with Gasteiger partial charge in [-0.3, -0.25) is 10.4 Å². The first-order valence-corrected chi connectivity index (χ1v) is 6.26. The first kappa shape index (κ1) is 13.9. The highest BCUT2D eigenvalue weighted by Crippen LogP contribution is 2.24. The predicted molar refractivity (Wildman–Crippen MR) is 77.4 cm³/mol. The molecule has 0 fully saturated rings. The summed E-state index contributed by atoms with van der Waals surface area (Å²) in [4.78, 5) is 4.23. The summed E-state index contributed by atoms with van der Waals surface area (Å²) >= 11 is 0. The molecule has 0 aliphatic rings. The van der Waals surface area contributed by atoms with Gasteiger partial charge in [0.15, 0.2) is 0 Å². The Morgan fingerprint density at radius 1 is 1.30 bits per heavy atom. The van der Waals surface area contributed by atoms with Crippen molar-refractivity contribution in [2.75, 3.05) is 13.7 Å². The molecule has 0 atom stereocenters. The van der Waals surface area contributed by atoms with E-state index in [9.17, 15) is 0 Å². The SMILES string of the molecule is COc1ccc(C(=N)N)c(OCCc2ccccn2)c1. The third kappa shape index (κ3) is 3.47. The van der Waals surface area contributed by atoms with Gasteiger partial charge in [0.1, 0.15) is 17.3 Å². The van der Waals surface area contributed by atoms with E-state index in [1.807, 2.05) is 18.2 Å². The second kappa shape index (κ2) is 6.56. The number of aromatic nitrogens is 1. The molecule has 0 amide bonds. The van der Waals surface area contributed by atoms with E-state index in [0.717, 1.165) is 5.69 Å². The van der Waals surface area contributed by atoms with Gasteiger partial charge in [-0.25, -0.2) is 0 Å². The van der Waals surface area contributed by atoms with Crippen molar-refractivity contribution in [1.29, 1.82) is 5.41 Å². The number of nitrogens with two attached hydrogens (primary N) is 1. The summed E-state index contributed by atoms with van der Waals surface area (Å²) in [5.41, 5.74) is 7.06. The van der Waals surface area contributed by atoms with Crippen LogP contribution < -0.4 is 15.2 Å². The van der Waals surface area contributed by atoms with Crippen LogP contribution in [0.1, 0.15) is 11.3 Å². The van der Waals surface area contributed by atoms with E-state index >= 15 is 0 Å². The largest absolute Gasteiger partial charge is 0.497 e. The van der Waals surface area contributed by atoms with E-state index in [2.05, 4.69) is 4.98 Å². The van der Waals surface area contributed by atoms with E-state index in [0.29, 0.717) is 30.1 Å². The number of pyridine rings is 1. The highest BCUT2D eigenvalue weighted by Gasteiger charge is 2.08. The van der Waals surface area contributed by atoms with E-state index in [1.165, 1.54) is 0 Å². The Hall–Kier alpha value is -2.56. The molecule has 2 aromatic rings. The van der Waals surface area contributed by atoms with Gasteiger partial charge in [0.2, 0.25) is 0 Å². The van der Waals surface area contributed by atoms with Crippen molar-refractivity contribution in [1.82, 2.24) is 4.98 Å². The molecule has 0 saturated heterocycles. The van der Waals surface area contributed by atoms with Crippen LogP contribution in [0.3, 0.4) is 0 Å². The maximum absolute atomic E-state index is 7.55. The zero-order valence-corrected chi connectivity index (χ0v) is 11.3. The van der Waals surface area contributed by atoms with Crippen LogP contribution >= 0.6 is 0 Å². The van der Waals surface area contributed by atoms with Gasteiger partial charge in [0.25, 0.3) is 0 Å². The third-order valence-corrected chi connectivity index (χ3v) is 2.82. The number of benzene rings is 1. The molecule has 104 valence electrons. The number of hydrogen-bond donors (Lipinski definition) is 2. The van der Waals surface area contributed by atoms with Crippen LogP contribution in [-0.4, -0.2) is 24.5 Å². The van der Waals surface area contributed by atoms with Crippen molar-refractivity contribution in [2.45, 2.75) is 6.42 Å². The van der Waals surface area contributed by atoms with Crippen LogP contribution in [0.5, 0.6) is 11.5 Å². The molecule has 3 N–H and O–H groups in total. The fourth-order valence-electron chi connectivity index (χ4n) is 1.78. The maximum Gasteiger partial charge on any atom is 0.133 e. The molecule has 5 nitrogen and oxygen atoms in total. The van der Waals surface area contributed by atoms with Crippen LogP contribution in [0.4, 0.5) is 0 Å². The van der Waals surface area contributed by atoms with Crippen molar-refractivity contribution in [3.63, 3.8) is 0 Å². The minimum atomic E-state index is -0.0273. The average molecular weight is 271 g/mol. The topological polar surface area (TPSA) is 81.2 Å². The lowest BCUT2D eigenvalue weighted by Crippen LogP contribution is -2.14. The van der Waals surface area contributed by atoms with Crippen LogP contribution in [0, 0.1) is 5.41 Å². The van der Waals surface area contributed by atoms with E-state index in [-0.39, 0.29) is 5.84 Å². The van der Waals surface area contributed by atoms with Gasteiger partial charge in [0, 0.05) is 24.4 Å². The Morgan fingerprint density at radius 2 is 2.15 bits per heavy atom. The predicted octanol–water partition coefficient (Wildman–Crippen LogP) is 2.00. The molecule has 0 bridgehead atoms. The molecule has 1 aromatic carbocycles. The van der Waals surface area contributed by atoms with Gasteiger partial charge < -0.3 is 15.2 Å². The summed E-state index contributed by atoms with van der Waals surface area (Å²) in [6.07, 6.45) is 2.44. The van der Waals surface area contributed by atoms with Gasteiger partial charge in [0.05, 0.1) is 19.3 Å². The number of nitrogens with one attached hydrogen (secondary N) is 1. The second-order valence-electron chi connectivity index (χ2n) is 4.20. The van der Waals surface area contributed by atoms with Crippen molar-refractivity contribution in [3.05, 3.63) is 53.9 Å². The van der Waals surface area contributed by atoms with Crippen molar-refractivity contribution >= 4 is 5.84 Å². The monoisotopic (exact) mass is 271 g/mol. The normalized spacial score (nSPS) is 10.1. The highest BCUT2D eigenvalue weighted by molar-refractivity contribution is 5.97. The summed E-state index contributed by atoms with van der Waals surface area (Å²) in [7, 11) is 1.58. The number of rotatable bonds is 6. The van der Waals surface area contributed by atoms with Gasteiger partial charge in [-0.15, -0.1) is 0 Å². The quantitative estimate of drug-likeness (QED) is 0.622. The zero-order valence-electron chi connectivity index (χ0n) is 11.3. The van der Waals surface area contributed by atoms with Crippen LogP contribution in [0.25, 0.3) is 0 Å². The number of amidine groups is 1. The Labute approximate surface area is 117 Å². The molecule has 0 unspecified atom stereocenters. The molecule has 1 heterocycles. The molecule has 2 rings (SSSR count). The Balaban J connectivity index is 2.06. The number of nitrogen functional groups attached to an aromatic ring is 1. The lowest BCUT2D eigenvalue weighted by Gasteiger charge is -2.12. The number of methoxy groups -OCH3 is 1. The Morgan fingerprint density at radius 3 is 2.80 bits per heavy atom. The molecule has 20 heavy (non-hydrogen) atoms. The smallest absolute Gasteiger partial charge is 0.133 e. The fraction of sp³-hybridized carbons (Fsp3) is 0.200. The maximum atomic E-state index is 7.55. The van der Waals surface area contributed by atoms with Crippen molar-refractivity contribution < 1.29 is 9.47 Å². The third-order valence-electron chi connectivity index (χ3n) is 2.82. The van der Waals surface area contributed by atoms with Gasteiger partial charge in [-0.05, 0) is 24.3 Å². The van der Waals surface area contributed by atoms with E-state index in [4.69, 9.17) is 20.6 Å². The highest BCUT2D eigenvalue weighted by atomic mass is 16.5. The van der Waals surface area contributed by atoms with Crippen LogP contribution in [0.15, 0.2) is 42.6 Å². The lowest BCUT2D eigenvalue weighted by atomic mass is 10.1. The zero-order chi connectivity index (χ0) is 14.4. The average Bonchev–Trinajstić information content (AvgIpc) is 2.48. The first-order chi connectivity index (χ1) is 9.70. The summed E-state index contributed by atoms with van der Waals surface area (Å²) in [6, 6.07) is 11.0. The number of ether oxygens (including phenoxy) is 2. The standard InChI is InChI=1S/C15H17N3O2/c1-19-12-5-6-13(15(16)17)14(10-12)20-9-7-11-4-2-3-8-18-11/h2-6,8,10H,7,9H2,1H3,(H3,16,17). The Bertz CT molecular complexity index is 585. The van der Waals surface area contributed by atoms with E-state index < -0.39 is 0 Å². The van der Waals surface area contributed by atoms with E-state index in [1.54, 1.807) is 31.5 Å². The van der Waals surface area contributed by atoms with Gasteiger partial charge in [-0.1, -0.05) is 6.07 Å². The number of hydrogen-bond acceptors (Lipinski definition) is 4. The van der Waals surface area contributed by atoms with Gasteiger partial charge in [-0.2, -0.15) is 0 Å². The van der Waals surface area contributed by atoms with Crippen molar-refractivity contribution in [3.8, 4) is 11.5 Å².